The number of nitriles is 1. The number of nitrogens with one attached hydrogen (secondary N) is 2. The zero-order chi connectivity index (χ0) is 20.8. The maximum atomic E-state index is 12.1. The molecule has 0 aliphatic heterocycles. The van der Waals surface area contributed by atoms with Gasteiger partial charge in [-0.15, -0.1) is 11.3 Å². The van der Waals surface area contributed by atoms with E-state index in [2.05, 4.69) is 15.6 Å². The summed E-state index contributed by atoms with van der Waals surface area (Å²) in [4.78, 5) is 29.7. The lowest BCUT2D eigenvalue weighted by atomic mass is 10.2. The van der Waals surface area contributed by atoms with Crippen LogP contribution in [0.4, 0.5) is 5.69 Å². The molecule has 0 saturated heterocycles. The lowest BCUT2D eigenvalue weighted by Crippen LogP contribution is -2.36. The van der Waals surface area contributed by atoms with E-state index in [0.29, 0.717) is 29.2 Å². The van der Waals surface area contributed by atoms with Gasteiger partial charge in [0.1, 0.15) is 11.1 Å². The number of aromatic nitrogens is 1. The molecule has 3 aromatic rings. The standard InChI is InChI=1S/C21H17ClN4O2S/c1-13-18(29-21(25-13)14-6-8-16(22)9-7-14)10-11-24-19(27)20(28)26-17-5-3-2-4-15(17)12-23/h2-9H,10-11H2,1H3,(H,24,27)(H,26,28). The van der Waals surface area contributed by atoms with Crippen LogP contribution < -0.4 is 10.6 Å². The fraction of sp³-hybridized carbons (Fsp3) is 0.143. The van der Waals surface area contributed by atoms with Gasteiger partial charge in [-0.05, 0) is 31.2 Å². The Balaban J connectivity index is 1.56. The molecule has 29 heavy (non-hydrogen) atoms. The van der Waals surface area contributed by atoms with Crippen molar-refractivity contribution in [3.05, 3.63) is 69.7 Å². The fourth-order valence-corrected chi connectivity index (χ4v) is 3.81. The molecule has 0 aliphatic rings. The largest absolute Gasteiger partial charge is 0.347 e. The first-order valence-electron chi connectivity index (χ1n) is 8.78. The number of halogens is 1. The van der Waals surface area contributed by atoms with Gasteiger partial charge >= 0.3 is 11.8 Å². The van der Waals surface area contributed by atoms with Gasteiger partial charge in [-0.25, -0.2) is 4.98 Å². The Labute approximate surface area is 177 Å². The van der Waals surface area contributed by atoms with Crippen molar-refractivity contribution in [2.24, 2.45) is 0 Å². The number of benzene rings is 2. The van der Waals surface area contributed by atoms with Gasteiger partial charge in [-0.3, -0.25) is 9.59 Å². The second kappa shape index (κ2) is 9.32. The molecule has 2 N–H and O–H groups in total. The minimum absolute atomic E-state index is 0.295. The lowest BCUT2D eigenvalue weighted by molar-refractivity contribution is -0.136. The van der Waals surface area contributed by atoms with E-state index in [1.807, 2.05) is 37.3 Å². The summed E-state index contributed by atoms with van der Waals surface area (Å²) < 4.78 is 0. The number of nitrogens with zero attached hydrogens (tertiary/aromatic N) is 2. The van der Waals surface area contributed by atoms with Crippen molar-refractivity contribution in [3.8, 4) is 16.6 Å². The van der Waals surface area contributed by atoms with Crippen molar-refractivity contribution in [3.63, 3.8) is 0 Å². The molecule has 1 heterocycles. The molecular formula is C21H17ClN4O2S. The van der Waals surface area contributed by atoms with Gasteiger partial charge in [0.25, 0.3) is 0 Å². The zero-order valence-corrected chi connectivity index (χ0v) is 17.1. The van der Waals surface area contributed by atoms with Crippen molar-refractivity contribution < 1.29 is 9.59 Å². The molecule has 0 unspecified atom stereocenters. The Morgan fingerprint density at radius 3 is 2.59 bits per heavy atom. The third-order valence-corrected chi connectivity index (χ3v) is 5.64. The maximum absolute atomic E-state index is 12.1. The van der Waals surface area contributed by atoms with Crippen LogP contribution in [0.15, 0.2) is 48.5 Å². The number of thiazole rings is 1. The average molecular weight is 425 g/mol. The molecule has 1 aromatic heterocycles. The monoisotopic (exact) mass is 424 g/mol. The molecule has 0 bridgehead atoms. The van der Waals surface area contributed by atoms with Crippen molar-refractivity contribution in [2.75, 3.05) is 11.9 Å². The Morgan fingerprint density at radius 1 is 1.14 bits per heavy atom. The number of amides is 2. The summed E-state index contributed by atoms with van der Waals surface area (Å²) in [5, 5.41) is 15.7. The summed E-state index contributed by atoms with van der Waals surface area (Å²) in [5.41, 5.74) is 2.47. The van der Waals surface area contributed by atoms with Crippen molar-refractivity contribution >= 4 is 40.4 Å². The zero-order valence-electron chi connectivity index (χ0n) is 15.5. The van der Waals surface area contributed by atoms with E-state index in [4.69, 9.17) is 16.9 Å². The van der Waals surface area contributed by atoms with Crippen molar-refractivity contribution in [1.29, 1.82) is 5.26 Å². The molecule has 0 atom stereocenters. The molecule has 0 saturated carbocycles. The topological polar surface area (TPSA) is 94.9 Å². The minimum atomic E-state index is -0.810. The highest BCUT2D eigenvalue weighted by atomic mass is 35.5. The lowest BCUT2D eigenvalue weighted by Gasteiger charge is -2.07. The van der Waals surface area contributed by atoms with E-state index >= 15 is 0 Å². The first-order chi connectivity index (χ1) is 14.0. The van der Waals surface area contributed by atoms with Gasteiger partial charge in [0, 0.05) is 28.4 Å². The summed E-state index contributed by atoms with van der Waals surface area (Å²) in [6.45, 7) is 2.22. The van der Waals surface area contributed by atoms with Crippen LogP contribution in [0.2, 0.25) is 5.02 Å². The Morgan fingerprint density at radius 2 is 1.86 bits per heavy atom. The SMILES string of the molecule is Cc1nc(-c2ccc(Cl)cc2)sc1CCNC(=O)C(=O)Nc1ccccc1C#N. The molecule has 0 radical (unpaired) electrons. The molecule has 6 nitrogen and oxygen atoms in total. The maximum Gasteiger partial charge on any atom is 0.313 e. The van der Waals surface area contributed by atoms with Crippen LogP contribution in [0.1, 0.15) is 16.1 Å². The van der Waals surface area contributed by atoms with Gasteiger partial charge in [0.15, 0.2) is 0 Å². The van der Waals surface area contributed by atoms with Crippen LogP contribution in [0, 0.1) is 18.3 Å². The smallest absolute Gasteiger partial charge is 0.313 e. The van der Waals surface area contributed by atoms with Gasteiger partial charge < -0.3 is 10.6 Å². The number of para-hydroxylation sites is 1. The molecule has 3 rings (SSSR count). The first kappa shape index (κ1) is 20.5. The van der Waals surface area contributed by atoms with Crippen LogP contribution >= 0.6 is 22.9 Å². The summed E-state index contributed by atoms with van der Waals surface area (Å²) in [7, 11) is 0. The summed E-state index contributed by atoms with van der Waals surface area (Å²) >= 11 is 7.47. The quantitative estimate of drug-likeness (QED) is 0.606. The number of rotatable bonds is 5. The van der Waals surface area contributed by atoms with E-state index in [0.717, 1.165) is 21.1 Å². The fourth-order valence-electron chi connectivity index (χ4n) is 2.61. The molecule has 146 valence electrons. The van der Waals surface area contributed by atoms with Gasteiger partial charge in [-0.1, -0.05) is 35.9 Å². The summed E-state index contributed by atoms with van der Waals surface area (Å²) in [6, 6.07) is 15.9. The molecule has 2 aromatic carbocycles. The first-order valence-corrected chi connectivity index (χ1v) is 9.98. The van der Waals surface area contributed by atoms with E-state index in [1.54, 1.807) is 35.6 Å². The van der Waals surface area contributed by atoms with Crippen molar-refractivity contribution in [1.82, 2.24) is 10.3 Å². The van der Waals surface area contributed by atoms with E-state index < -0.39 is 11.8 Å². The number of hydrogen-bond acceptors (Lipinski definition) is 5. The Hall–Kier alpha value is -3.21. The third kappa shape index (κ3) is 5.19. The summed E-state index contributed by atoms with van der Waals surface area (Å²) in [6.07, 6.45) is 0.560. The summed E-state index contributed by atoms with van der Waals surface area (Å²) in [5.74, 6) is -1.56. The average Bonchev–Trinajstić information content (AvgIpc) is 3.09. The van der Waals surface area contributed by atoms with Gasteiger partial charge in [-0.2, -0.15) is 5.26 Å². The molecule has 0 aliphatic carbocycles. The van der Waals surface area contributed by atoms with Crippen LogP contribution in [-0.4, -0.2) is 23.3 Å². The van der Waals surface area contributed by atoms with Crippen LogP contribution in [0.3, 0.4) is 0 Å². The van der Waals surface area contributed by atoms with Crippen LogP contribution in [0.25, 0.3) is 10.6 Å². The Kier molecular flexibility index (Phi) is 6.60. The van der Waals surface area contributed by atoms with E-state index in [9.17, 15) is 9.59 Å². The second-order valence-corrected chi connectivity index (χ2v) is 7.67. The number of anilines is 1. The van der Waals surface area contributed by atoms with Crippen molar-refractivity contribution in [2.45, 2.75) is 13.3 Å². The van der Waals surface area contributed by atoms with Gasteiger partial charge in [0.2, 0.25) is 0 Å². The Bertz CT molecular complexity index is 1090. The van der Waals surface area contributed by atoms with Crippen LogP contribution in [0.5, 0.6) is 0 Å². The minimum Gasteiger partial charge on any atom is -0.347 e. The number of hydrogen-bond donors (Lipinski definition) is 2. The van der Waals surface area contributed by atoms with E-state index in [-0.39, 0.29) is 0 Å². The highest BCUT2D eigenvalue weighted by Gasteiger charge is 2.16. The predicted octanol–water partition coefficient (Wildman–Crippen LogP) is 3.94. The number of carbonyl (C=O) groups is 2. The highest BCUT2D eigenvalue weighted by Crippen LogP contribution is 2.29. The normalized spacial score (nSPS) is 10.2. The molecular weight excluding hydrogens is 408 g/mol. The molecule has 0 spiro atoms. The third-order valence-electron chi connectivity index (χ3n) is 4.12. The molecule has 0 fully saturated rings. The highest BCUT2D eigenvalue weighted by molar-refractivity contribution is 7.15. The number of carbonyl (C=O) groups excluding carboxylic acids is 2. The molecule has 8 heteroatoms. The number of aryl methyl sites for hydroxylation is 1. The van der Waals surface area contributed by atoms with Gasteiger partial charge in [0.05, 0.1) is 16.9 Å². The molecule has 2 amide bonds. The van der Waals surface area contributed by atoms with Crippen LogP contribution in [-0.2, 0) is 16.0 Å². The second-order valence-electron chi connectivity index (χ2n) is 6.15. The predicted molar refractivity (Wildman–Crippen MR) is 114 cm³/mol. The van der Waals surface area contributed by atoms with E-state index in [1.165, 1.54) is 0 Å².